The van der Waals surface area contributed by atoms with Crippen molar-refractivity contribution in [3.63, 3.8) is 0 Å². The molecule has 0 aromatic rings. The Hall–Kier alpha value is -0.530. The minimum atomic E-state index is 0.229. The maximum atomic E-state index is 11.6. The van der Waals surface area contributed by atoms with E-state index in [0.29, 0.717) is 23.8 Å². The van der Waals surface area contributed by atoms with Crippen LogP contribution in [0.3, 0.4) is 0 Å². The van der Waals surface area contributed by atoms with Crippen molar-refractivity contribution >= 4 is 5.91 Å². The van der Waals surface area contributed by atoms with Crippen LogP contribution in [0.4, 0.5) is 0 Å². The normalized spacial score (nSPS) is 29.9. The molecule has 0 aliphatic heterocycles. The number of amides is 1. The van der Waals surface area contributed by atoms with Gasteiger partial charge in [0.05, 0.1) is 0 Å². The topological polar surface area (TPSA) is 29.1 Å². The van der Waals surface area contributed by atoms with Crippen molar-refractivity contribution in [2.24, 2.45) is 11.3 Å². The number of carbonyl (C=O) groups is 1. The summed E-state index contributed by atoms with van der Waals surface area (Å²) < 4.78 is 0. The van der Waals surface area contributed by atoms with E-state index in [1.54, 1.807) is 0 Å². The van der Waals surface area contributed by atoms with E-state index in [2.05, 4.69) is 26.1 Å². The highest BCUT2D eigenvalue weighted by molar-refractivity contribution is 5.76. The van der Waals surface area contributed by atoms with E-state index in [1.165, 1.54) is 12.8 Å². The summed E-state index contributed by atoms with van der Waals surface area (Å²) in [5.41, 5.74) is 0.399. The monoisotopic (exact) mass is 211 g/mol. The predicted molar refractivity (Wildman–Crippen MR) is 63.6 cm³/mol. The smallest absolute Gasteiger partial charge is 0.220 e. The van der Waals surface area contributed by atoms with E-state index >= 15 is 0 Å². The molecule has 0 heterocycles. The minimum absolute atomic E-state index is 0.229. The number of hydrogen-bond acceptors (Lipinski definition) is 1. The SMILES string of the molecule is CCCC(=O)NC1CC(C)(C)CCC1C. The second kappa shape index (κ2) is 5.00. The van der Waals surface area contributed by atoms with Crippen molar-refractivity contribution in [2.45, 2.75) is 65.8 Å². The lowest BCUT2D eigenvalue weighted by atomic mass is 9.71. The average Bonchev–Trinajstić information content (AvgIpc) is 2.11. The number of rotatable bonds is 3. The van der Waals surface area contributed by atoms with E-state index in [4.69, 9.17) is 0 Å². The number of carbonyl (C=O) groups excluding carboxylic acids is 1. The molecular weight excluding hydrogens is 186 g/mol. The van der Waals surface area contributed by atoms with E-state index in [1.807, 2.05) is 6.92 Å². The second-order valence-electron chi connectivity index (χ2n) is 5.81. The Balaban J connectivity index is 2.48. The van der Waals surface area contributed by atoms with Gasteiger partial charge in [-0.05, 0) is 37.0 Å². The molecule has 2 unspecified atom stereocenters. The molecule has 1 saturated carbocycles. The molecule has 1 amide bonds. The van der Waals surface area contributed by atoms with Gasteiger partial charge in [0.25, 0.3) is 0 Å². The molecule has 1 rings (SSSR count). The Morgan fingerprint density at radius 3 is 2.73 bits per heavy atom. The van der Waals surface area contributed by atoms with Crippen LogP contribution in [0, 0.1) is 11.3 Å². The van der Waals surface area contributed by atoms with Gasteiger partial charge >= 0.3 is 0 Å². The van der Waals surface area contributed by atoms with Crippen LogP contribution in [0.25, 0.3) is 0 Å². The standard InChI is InChI=1S/C13H25NO/c1-5-6-12(15)14-11-9-13(3,4)8-7-10(11)2/h10-11H,5-9H2,1-4H3,(H,14,15). The lowest BCUT2D eigenvalue weighted by molar-refractivity contribution is -0.122. The first-order valence-electron chi connectivity index (χ1n) is 6.24. The predicted octanol–water partition coefficient (Wildman–Crippen LogP) is 3.12. The largest absolute Gasteiger partial charge is 0.353 e. The van der Waals surface area contributed by atoms with Crippen molar-refractivity contribution in [3.8, 4) is 0 Å². The summed E-state index contributed by atoms with van der Waals surface area (Å²) in [5, 5.41) is 3.19. The maximum Gasteiger partial charge on any atom is 0.220 e. The third-order valence-electron chi connectivity index (χ3n) is 3.56. The van der Waals surface area contributed by atoms with Crippen LogP contribution < -0.4 is 5.32 Å². The Kier molecular flexibility index (Phi) is 4.18. The highest BCUT2D eigenvalue weighted by Gasteiger charge is 2.33. The third-order valence-corrected chi connectivity index (χ3v) is 3.56. The fraction of sp³-hybridized carbons (Fsp3) is 0.923. The van der Waals surface area contributed by atoms with Gasteiger partial charge in [-0.15, -0.1) is 0 Å². The van der Waals surface area contributed by atoms with Crippen molar-refractivity contribution in [1.82, 2.24) is 5.32 Å². The quantitative estimate of drug-likeness (QED) is 0.763. The van der Waals surface area contributed by atoms with E-state index in [-0.39, 0.29) is 5.91 Å². The summed E-state index contributed by atoms with van der Waals surface area (Å²) in [6, 6.07) is 0.396. The number of hydrogen-bond donors (Lipinski definition) is 1. The molecule has 0 aromatic heterocycles. The zero-order valence-corrected chi connectivity index (χ0v) is 10.6. The molecule has 2 heteroatoms. The van der Waals surface area contributed by atoms with Crippen molar-refractivity contribution < 1.29 is 4.79 Å². The first kappa shape index (κ1) is 12.5. The van der Waals surface area contributed by atoms with Gasteiger partial charge in [0.15, 0.2) is 0 Å². The molecule has 1 N–H and O–H groups in total. The summed E-state index contributed by atoms with van der Waals surface area (Å²) in [5.74, 6) is 0.867. The molecule has 1 fully saturated rings. The Morgan fingerprint density at radius 1 is 1.47 bits per heavy atom. The van der Waals surface area contributed by atoms with Crippen LogP contribution in [0.2, 0.25) is 0 Å². The van der Waals surface area contributed by atoms with Gasteiger partial charge in [-0.3, -0.25) is 4.79 Å². The first-order chi connectivity index (χ1) is 6.94. The fourth-order valence-corrected chi connectivity index (χ4v) is 2.42. The number of nitrogens with one attached hydrogen (secondary N) is 1. The summed E-state index contributed by atoms with van der Waals surface area (Å²) in [7, 11) is 0. The average molecular weight is 211 g/mol. The van der Waals surface area contributed by atoms with Crippen molar-refractivity contribution in [1.29, 1.82) is 0 Å². The van der Waals surface area contributed by atoms with Crippen LogP contribution in [0.5, 0.6) is 0 Å². The molecular formula is C13H25NO. The Bertz CT molecular complexity index is 223. The molecule has 0 radical (unpaired) electrons. The van der Waals surface area contributed by atoms with Crippen LogP contribution in [0.15, 0.2) is 0 Å². The molecule has 1 aliphatic rings. The van der Waals surface area contributed by atoms with Gasteiger partial charge < -0.3 is 5.32 Å². The molecule has 1 aliphatic carbocycles. The summed E-state index contributed by atoms with van der Waals surface area (Å²) in [6.45, 7) is 8.91. The molecule has 0 saturated heterocycles. The lowest BCUT2D eigenvalue weighted by Gasteiger charge is -2.39. The van der Waals surface area contributed by atoms with Crippen LogP contribution in [-0.2, 0) is 4.79 Å². The third kappa shape index (κ3) is 3.84. The van der Waals surface area contributed by atoms with Gasteiger partial charge in [-0.25, -0.2) is 0 Å². The van der Waals surface area contributed by atoms with Gasteiger partial charge in [-0.2, -0.15) is 0 Å². The summed E-state index contributed by atoms with van der Waals surface area (Å²) in [4.78, 5) is 11.6. The minimum Gasteiger partial charge on any atom is -0.353 e. The Morgan fingerprint density at radius 2 is 2.13 bits per heavy atom. The van der Waals surface area contributed by atoms with Crippen LogP contribution >= 0.6 is 0 Å². The molecule has 0 spiro atoms. The van der Waals surface area contributed by atoms with E-state index in [9.17, 15) is 4.79 Å². The van der Waals surface area contributed by atoms with Crippen molar-refractivity contribution in [3.05, 3.63) is 0 Å². The highest BCUT2D eigenvalue weighted by atomic mass is 16.1. The van der Waals surface area contributed by atoms with Gasteiger partial charge in [0.2, 0.25) is 5.91 Å². The summed E-state index contributed by atoms with van der Waals surface area (Å²) in [6.07, 6.45) is 5.27. The van der Waals surface area contributed by atoms with Crippen LogP contribution in [-0.4, -0.2) is 11.9 Å². The molecule has 0 bridgehead atoms. The molecule has 15 heavy (non-hydrogen) atoms. The van der Waals surface area contributed by atoms with E-state index in [0.717, 1.165) is 12.8 Å². The van der Waals surface area contributed by atoms with Gasteiger partial charge in [0, 0.05) is 12.5 Å². The molecule has 0 aromatic carbocycles. The zero-order valence-electron chi connectivity index (χ0n) is 10.6. The van der Waals surface area contributed by atoms with Gasteiger partial charge in [0.1, 0.15) is 0 Å². The first-order valence-corrected chi connectivity index (χ1v) is 6.24. The fourth-order valence-electron chi connectivity index (χ4n) is 2.42. The van der Waals surface area contributed by atoms with Crippen molar-refractivity contribution in [2.75, 3.05) is 0 Å². The second-order valence-corrected chi connectivity index (χ2v) is 5.81. The molecule has 2 atom stereocenters. The van der Waals surface area contributed by atoms with E-state index < -0.39 is 0 Å². The van der Waals surface area contributed by atoms with Crippen LogP contribution in [0.1, 0.15) is 59.8 Å². The Labute approximate surface area is 93.8 Å². The maximum absolute atomic E-state index is 11.6. The molecule has 88 valence electrons. The summed E-state index contributed by atoms with van der Waals surface area (Å²) >= 11 is 0. The highest BCUT2D eigenvalue weighted by Crippen LogP contribution is 2.37. The zero-order chi connectivity index (χ0) is 11.5. The van der Waals surface area contributed by atoms with Gasteiger partial charge in [-0.1, -0.05) is 27.7 Å². The molecule has 2 nitrogen and oxygen atoms in total. The lowest BCUT2D eigenvalue weighted by Crippen LogP contribution is -2.45.